The smallest absolute Gasteiger partial charge is 0.314 e. The third kappa shape index (κ3) is 5.01. The van der Waals surface area contributed by atoms with E-state index in [1.807, 2.05) is 13.1 Å². The number of rotatable bonds is 6. The molecule has 1 heterocycles. The van der Waals surface area contributed by atoms with Crippen LogP contribution in [0.3, 0.4) is 0 Å². The third-order valence-corrected chi connectivity index (χ3v) is 2.21. The van der Waals surface area contributed by atoms with Gasteiger partial charge in [-0.05, 0) is 6.07 Å². The number of urea groups is 1. The minimum Gasteiger partial charge on any atom is -0.481 e. The maximum Gasteiger partial charge on any atom is 0.314 e. The van der Waals surface area contributed by atoms with Gasteiger partial charge in [0, 0.05) is 38.4 Å². The minimum atomic E-state index is -0.930. The lowest BCUT2D eigenvalue weighted by Crippen LogP contribution is -2.37. The molecule has 2 amide bonds. The number of carboxylic acids is 1. The maximum absolute atomic E-state index is 11.2. The number of carbonyl (C=O) groups excluding carboxylic acids is 1. The minimum absolute atomic E-state index is 0.0743. The fourth-order valence-corrected chi connectivity index (χ4v) is 1.30. The number of hydrogen-bond acceptors (Lipinski definition) is 3. The van der Waals surface area contributed by atoms with Crippen LogP contribution in [0.5, 0.6) is 0 Å². The van der Waals surface area contributed by atoms with E-state index in [9.17, 15) is 9.59 Å². The van der Waals surface area contributed by atoms with Gasteiger partial charge < -0.3 is 15.7 Å². The molecule has 1 rings (SSSR count). The van der Waals surface area contributed by atoms with Crippen LogP contribution in [0.15, 0.2) is 12.3 Å². The number of nitrogens with one attached hydrogen (secondary N) is 2. The molecule has 7 nitrogen and oxygen atoms in total. The Kier molecular flexibility index (Phi) is 4.99. The summed E-state index contributed by atoms with van der Waals surface area (Å²) in [5, 5.41) is 17.5. The molecule has 0 bridgehead atoms. The van der Waals surface area contributed by atoms with Crippen molar-refractivity contribution in [3.8, 4) is 0 Å². The molecule has 0 spiro atoms. The molecule has 94 valence electrons. The van der Waals surface area contributed by atoms with Gasteiger partial charge in [0.1, 0.15) is 0 Å². The molecule has 3 N–H and O–H groups in total. The molecular weight excluding hydrogens is 224 g/mol. The van der Waals surface area contributed by atoms with Crippen molar-refractivity contribution >= 4 is 12.0 Å². The number of hydrogen-bond donors (Lipinski definition) is 3. The standard InChI is InChI=1S/C10H16N4O3/c1-14-8(3-7-13-14)2-5-11-10(17)12-6-4-9(15)16/h3,7H,2,4-6H2,1H3,(H,15,16)(H2,11,12,17). The van der Waals surface area contributed by atoms with E-state index in [1.54, 1.807) is 10.9 Å². The average Bonchev–Trinajstić information content (AvgIpc) is 2.64. The van der Waals surface area contributed by atoms with Crippen molar-refractivity contribution in [2.45, 2.75) is 12.8 Å². The summed E-state index contributed by atoms with van der Waals surface area (Å²) in [5.41, 5.74) is 1.02. The third-order valence-electron chi connectivity index (χ3n) is 2.21. The molecule has 0 unspecified atom stereocenters. The molecule has 0 saturated carbocycles. The Morgan fingerprint density at radius 2 is 2.12 bits per heavy atom. The topological polar surface area (TPSA) is 96.3 Å². The van der Waals surface area contributed by atoms with Crippen molar-refractivity contribution in [3.05, 3.63) is 18.0 Å². The summed E-state index contributed by atoms with van der Waals surface area (Å²) in [4.78, 5) is 21.4. The van der Waals surface area contributed by atoms with Crippen molar-refractivity contribution in [2.75, 3.05) is 13.1 Å². The number of aryl methyl sites for hydroxylation is 1. The van der Waals surface area contributed by atoms with Gasteiger partial charge in [0.2, 0.25) is 0 Å². The molecule has 0 aliphatic rings. The summed E-state index contributed by atoms with van der Waals surface area (Å²) < 4.78 is 1.74. The van der Waals surface area contributed by atoms with Crippen molar-refractivity contribution < 1.29 is 14.7 Å². The SMILES string of the molecule is Cn1nccc1CCNC(=O)NCCC(=O)O. The molecule has 0 aliphatic heterocycles. The number of nitrogens with zero attached hydrogens (tertiary/aromatic N) is 2. The van der Waals surface area contributed by atoms with Crippen molar-refractivity contribution in [2.24, 2.45) is 7.05 Å². The van der Waals surface area contributed by atoms with Gasteiger partial charge in [0.25, 0.3) is 0 Å². The first-order valence-electron chi connectivity index (χ1n) is 5.30. The summed E-state index contributed by atoms with van der Waals surface area (Å²) in [6.07, 6.45) is 2.31. The summed E-state index contributed by atoms with van der Waals surface area (Å²) in [5.74, 6) is -0.930. The van der Waals surface area contributed by atoms with Gasteiger partial charge in [-0.25, -0.2) is 4.79 Å². The fraction of sp³-hybridized carbons (Fsp3) is 0.500. The van der Waals surface area contributed by atoms with Crippen molar-refractivity contribution in [3.63, 3.8) is 0 Å². The van der Waals surface area contributed by atoms with Gasteiger partial charge in [0.15, 0.2) is 0 Å². The maximum atomic E-state index is 11.2. The second kappa shape index (κ2) is 6.51. The predicted octanol–water partition coefficient (Wildman–Crippen LogP) is -0.263. The normalized spacial score (nSPS) is 9.94. The summed E-state index contributed by atoms with van der Waals surface area (Å²) in [6, 6.07) is 1.53. The molecule has 0 aromatic carbocycles. The van der Waals surface area contributed by atoms with Gasteiger partial charge in [-0.15, -0.1) is 0 Å². The zero-order chi connectivity index (χ0) is 12.7. The molecule has 0 atom stereocenters. The second-order valence-corrected chi connectivity index (χ2v) is 3.52. The number of carboxylic acid groups (broad SMARTS) is 1. The summed E-state index contributed by atoms with van der Waals surface area (Å²) in [6.45, 7) is 0.616. The van der Waals surface area contributed by atoms with Crippen LogP contribution in [0.25, 0.3) is 0 Å². The van der Waals surface area contributed by atoms with E-state index >= 15 is 0 Å². The van der Waals surface area contributed by atoms with Crippen molar-refractivity contribution in [1.82, 2.24) is 20.4 Å². The highest BCUT2D eigenvalue weighted by Crippen LogP contribution is 1.95. The monoisotopic (exact) mass is 240 g/mol. The Balaban J connectivity index is 2.12. The lowest BCUT2D eigenvalue weighted by Gasteiger charge is -2.06. The van der Waals surface area contributed by atoms with E-state index in [0.717, 1.165) is 5.69 Å². The first-order valence-corrected chi connectivity index (χ1v) is 5.30. The Morgan fingerprint density at radius 3 is 2.71 bits per heavy atom. The van der Waals surface area contributed by atoms with Crippen molar-refractivity contribution in [1.29, 1.82) is 0 Å². The average molecular weight is 240 g/mol. The van der Waals surface area contributed by atoms with Gasteiger partial charge in [-0.2, -0.15) is 5.10 Å². The largest absolute Gasteiger partial charge is 0.481 e. The lowest BCUT2D eigenvalue weighted by molar-refractivity contribution is -0.136. The van der Waals surface area contributed by atoms with Crippen LogP contribution in [0.2, 0.25) is 0 Å². The molecular formula is C10H16N4O3. The highest BCUT2D eigenvalue weighted by Gasteiger charge is 2.02. The first kappa shape index (κ1) is 13.0. The number of aliphatic carboxylic acids is 1. The Bertz CT molecular complexity index is 389. The predicted molar refractivity (Wildman–Crippen MR) is 60.6 cm³/mol. The summed E-state index contributed by atoms with van der Waals surface area (Å²) in [7, 11) is 1.84. The molecule has 0 aliphatic carbocycles. The van der Waals surface area contributed by atoms with E-state index in [-0.39, 0.29) is 19.0 Å². The van der Waals surface area contributed by atoms with E-state index in [2.05, 4.69) is 15.7 Å². The van der Waals surface area contributed by atoms with Gasteiger partial charge in [-0.1, -0.05) is 0 Å². The molecule has 0 saturated heterocycles. The summed E-state index contributed by atoms with van der Waals surface area (Å²) >= 11 is 0. The molecule has 7 heteroatoms. The highest BCUT2D eigenvalue weighted by atomic mass is 16.4. The number of amides is 2. The van der Waals surface area contributed by atoms with Crippen LogP contribution in [-0.4, -0.2) is 40.0 Å². The van der Waals surface area contributed by atoms with E-state index in [1.165, 1.54) is 0 Å². The van der Waals surface area contributed by atoms with Crippen LogP contribution in [0.1, 0.15) is 12.1 Å². The molecule has 0 fully saturated rings. The van der Waals surface area contributed by atoms with Gasteiger partial charge in [-0.3, -0.25) is 9.48 Å². The van der Waals surface area contributed by atoms with Crippen LogP contribution < -0.4 is 10.6 Å². The van der Waals surface area contributed by atoms with Gasteiger partial charge in [0.05, 0.1) is 6.42 Å². The van der Waals surface area contributed by atoms with E-state index in [0.29, 0.717) is 13.0 Å². The molecule has 17 heavy (non-hydrogen) atoms. The zero-order valence-corrected chi connectivity index (χ0v) is 9.64. The molecule has 1 aromatic heterocycles. The van der Waals surface area contributed by atoms with Crippen LogP contribution in [0, 0.1) is 0 Å². The second-order valence-electron chi connectivity index (χ2n) is 3.52. The van der Waals surface area contributed by atoms with Crippen LogP contribution in [0.4, 0.5) is 4.79 Å². The Hall–Kier alpha value is -2.05. The van der Waals surface area contributed by atoms with E-state index in [4.69, 9.17) is 5.11 Å². The quantitative estimate of drug-likeness (QED) is 0.638. The fourth-order valence-electron chi connectivity index (χ4n) is 1.30. The van der Waals surface area contributed by atoms with Gasteiger partial charge >= 0.3 is 12.0 Å². The molecule has 0 radical (unpaired) electrons. The Morgan fingerprint density at radius 1 is 1.41 bits per heavy atom. The van der Waals surface area contributed by atoms with Crippen LogP contribution in [-0.2, 0) is 18.3 Å². The van der Waals surface area contributed by atoms with E-state index < -0.39 is 5.97 Å². The highest BCUT2D eigenvalue weighted by molar-refractivity contribution is 5.74. The Labute approximate surface area is 98.8 Å². The van der Waals surface area contributed by atoms with Crippen LogP contribution >= 0.6 is 0 Å². The number of aromatic nitrogens is 2. The lowest BCUT2D eigenvalue weighted by atomic mass is 10.3. The number of carbonyl (C=O) groups is 2. The first-order chi connectivity index (χ1) is 8.09. The molecule has 1 aromatic rings. The zero-order valence-electron chi connectivity index (χ0n) is 9.64.